The molecule has 1 aromatic heterocycles. The molecule has 0 fully saturated rings. The van der Waals surface area contributed by atoms with E-state index in [9.17, 15) is 0 Å². The number of pyridine rings is 1. The van der Waals surface area contributed by atoms with Crippen LogP contribution in [0.25, 0.3) is 10.9 Å². The monoisotopic (exact) mass is 297 g/mol. The van der Waals surface area contributed by atoms with Crippen molar-refractivity contribution in [2.75, 3.05) is 0 Å². The van der Waals surface area contributed by atoms with Crippen molar-refractivity contribution in [3.05, 3.63) is 38.4 Å². The third-order valence-electron chi connectivity index (χ3n) is 2.79. The number of hydrogen-bond acceptors (Lipinski definition) is 1. The predicted molar refractivity (Wildman–Crippen MR) is 73.3 cm³/mol. The molecule has 0 N–H and O–H groups in total. The van der Waals surface area contributed by atoms with Gasteiger partial charge in [0.05, 0.1) is 10.5 Å². The third kappa shape index (κ3) is 1.85. The number of aromatic nitrogens is 1. The van der Waals surface area contributed by atoms with Crippen molar-refractivity contribution in [2.24, 2.45) is 0 Å². The van der Waals surface area contributed by atoms with E-state index in [4.69, 9.17) is 11.6 Å². The highest BCUT2D eigenvalue weighted by Gasteiger charge is 2.11. The summed E-state index contributed by atoms with van der Waals surface area (Å²) in [6, 6.07) is 4.16. The molecule has 2 rings (SSSR count). The molecule has 0 saturated carbocycles. The second kappa shape index (κ2) is 4.34. The van der Waals surface area contributed by atoms with Crippen molar-refractivity contribution in [1.29, 1.82) is 0 Å². The molecule has 0 amide bonds. The Morgan fingerprint density at radius 2 is 2.00 bits per heavy atom. The van der Waals surface area contributed by atoms with Crippen molar-refractivity contribution < 1.29 is 0 Å². The molecular formula is C13H13BrClN. The van der Waals surface area contributed by atoms with E-state index in [1.54, 1.807) is 0 Å². The van der Waals surface area contributed by atoms with E-state index in [1.807, 2.05) is 6.92 Å². The molecule has 0 aliphatic heterocycles. The quantitative estimate of drug-likeness (QED) is 0.735. The fourth-order valence-electron chi connectivity index (χ4n) is 1.91. The molecule has 2 aromatic rings. The van der Waals surface area contributed by atoms with Crippen molar-refractivity contribution in [2.45, 2.75) is 27.2 Å². The van der Waals surface area contributed by atoms with Crippen LogP contribution in [-0.4, -0.2) is 4.98 Å². The van der Waals surface area contributed by atoms with Gasteiger partial charge < -0.3 is 0 Å². The van der Waals surface area contributed by atoms with Gasteiger partial charge in [0.2, 0.25) is 0 Å². The second-order valence-electron chi connectivity index (χ2n) is 3.99. The van der Waals surface area contributed by atoms with Crippen LogP contribution >= 0.6 is 27.5 Å². The molecule has 0 unspecified atom stereocenters. The highest BCUT2D eigenvalue weighted by molar-refractivity contribution is 9.10. The lowest BCUT2D eigenvalue weighted by atomic mass is 10.1. The summed E-state index contributed by atoms with van der Waals surface area (Å²) in [6.07, 6.45) is 0.905. The lowest BCUT2D eigenvalue weighted by Gasteiger charge is -2.10. The summed E-state index contributed by atoms with van der Waals surface area (Å²) in [4.78, 5) is 4.66. The molecular weight excluding hydrogens is 286 g/mol. The molecule has 1 aromatic carbocycles. The molecule has 1 heterocycles. The molecule has 0 spiro atoms. The fourth-order valence-corrected chi connectivity index (χ4v) is 2.82. The van der Waals surface area contributed by atoms with Gasteiger partial charge in [-0.3, -0.25) is 4.98 Å². The minimum absolute atomic E-state index is 0.825. The number of benzene rings is 1. The summed E-state index contributed by atoms with van der Waals surface area (Å²) < 4.78 is 1.01. The maximum Gasteiger partial charge on any atom is 0.0862 e. The van der Waals surface area contributed by atoms with Gasteiger partial charge in [0.25, 0.3) is 0 Å². The molecule has 0 bridgehead atoms. The topological polar surface area (TPSA) is 12.9 Å². The number of hydrogen-bond donors (Lipinski definition) is 0. The van der Waals surface area contributed by atoms with Crippen LogP contribution in [0.1, 0.15) is 23.7 Å². The number of fused-ring (bicyclic) bond motifs is 1. The minimum atomic E-state index is 0.825. The summed E-state index contributed by atoms with van der Waals surface area (Å²) >= 11 is 9.94. The van der Waals surface area contributed by atoms with Crippen LogP contribution in [0.4, 0.5) is 0 Å². The van der Waals surface area contributed by atoms with Crippen molar-refractivity contribution in [1.82, 2.24) is 4.98 Å². The van der Waals surface area contributed by atoms with Crippen molar-refractivity contribution >= 4 is 38.4 Å². The number of aryl methyl sites for hydroxylation is 2. The standard InChI is InChI=1S/C13H13BrClN/c1-4-11-8(3)12(15)9-5-7(2)6-10(14)13(9)16-11/h5-6H,4H2,1-3H3. The fraction of sp³-hybridized carbons (Fsp3) is 0.308. The first-order chi connectivity index (χ1) is 7.54. The molecule has 0 saturated heterocycles. The largest absolute Gasteiger partial charge is 0.251 e. The smallest absolute Gasteiger partial charge is 0.0862 e. The third-order valence-corrected chi connectivity index (χ3v) is 3.88. The minimum Gasteiger partial charge on any atom is -0.251 e. The summed E-state index contributed by atoms with van der Waals surface area (Å²) in [7, 11) is 0. The maximum absolute atomic E-state index is 6.39. The van der Waals surface area contributed by atoms with Gasteiger partial charge in [-0.2, -0.15) is 0 Å². The van der Waals surface area contributed by atoms with Crippen LogP contribution in [-0.2, 0) is 6.42 Å². The van der Waals surface area contributed by atoms with E-state index < -0.39 is 0 Å². The molecule has 3 heteroatoms. The van der Waals surface area contributed by atoms with Gasteiger partial charge in [-0.1, -0.05) is 18.5 Å². The Kier molecular flexibility index (Phi) is 3.22. The van der Waals surface area contributed by atoms with Gasteiger partial charge in [-0.05, 0) is 59.5 Å². The SMILES string of the molecule is CCc1nc2c(Br)cc(C)cc2c(Cl)c1C. The Bertz CT molecular complexity index is 564. The average Bonchev–Trinajstić information content (AvgIpc) is 2.24. The van der Waals surface area contributed by atoms with Gasteiger partial charge in [-0.15, -0.1) is 0 Å². The summed E-state index contributed by atoms with van der Waals surface area (Å²) in [5.74, 6) is 0. The van der Waals surface area contributed by atoms with E-state index in [1.165, 1.54) is 5.56 Å². The molecule has 1 nitrogen and oxygen atoms in total. The normalized spacial score (nSPS) is 11.1. The van der Waals surface area contributed by atoms with Crippen LogP contribution < -0.4 is 0 Å². The van der Waals surface area contributed by atoms with E-state index in [-0.39, 0.29) is 0 Å². The second-order valence-corrected chi connectivity index (χ2v) is 5.23. The Morgan fingerprint density at radius 3 is 2.62 bits per heavy atom. The zero-order valence-corrected chi connectivity index (χ0v) is 11.9. The van der Waals surface area contributed by atoms with Gasteiger partial charge in [0, 0.05) is 15.6 Å². The maximum atomic E-state index is 6.39. The first kappa shape index (κ1) is 11.9. The van der Waals surface area contributed by atoms with Crippen LogP contribution in [0.2, 0.25) is 5.02 Å². The van der Waals surface area contributed by atoms with Gasteiger partial charge in [0.1, 0.15) is 0 Å². The Morgan fingerprint density at radius 1 is 1.31 bits per heavy atom. The molecule has 0 atom stereocenters. The van der Waals surface area contributed by atoms with Crippen molar-refractivity contribution in [3.63, 3.8) is 0 Å². The van der Waals surface area contributed by atoms with Crippen LogP contribution in [0.15, 0.2) is 16.6 Å². The predicted octanol–water partition coefficient (Wildman–Crippen LogP) is 4.83. The summed E-state index contributed by atoms with van der Waals surface area (Å²) in [5, 5.41) is 1.86. The number of halogens is 2. The van der Waals surface area contributed by atoms with Gasteiger partial charge in [-0.25, -0.2) is 0 Å². The van der Waals surface area contributed by atoms with E-state index in [0.717, 1.165) is 38.1 Å². The molecule has 84 valence electrons. The zero-order valence-electron chi connectivity index (χ0n) is 9.56. The zero-order chi connectivity index (χ0) is 11.9. The average molecular weight is 299 g/mol. The van der Waals surface area contributed by atoms with Crippen LogP contribution in [0, 0.1) is 13.8 Å². The Hall–Kier alpha value is -0.600. The summed E-state index contributed by atoms with van der Waals surface area (Å²) in [6.45, 7) is 6.19. The molecule has 0 aliphatic carbocycles. The Balaban J connectivity index is 2.92. The lowest BCUT2D eigenvalue weighted by Crippen LogP contribution is -1.96. The molecule has 16 heavy (non-hydrogen) atoms. The van der Waals surface area contributed by atoms with E-state index >= 15 is 0 Å². The lowest BCUT2D eigenvalue weighted by molar-refractivity contribution is 1.03. The highest BCUT2D eigenvalue weighted by atomic mass is 79.9. The van der Waals surface area contributed by atoms with Crippen LogP contribution in [0.3, 0.4) is 0 Å². The van der Waals surface area contributed by atoms with Crippen LogP contribution in [0.5, 0.6) is 0 Å². The highest BCUT2D eigenvalue weighted by Crippen LogP contribution is 2.32. The van der Waals surface area contributed by atoms with E-state index in [2.05, 4.69) is 46.9 Å². The molecule has 0 radical (unpaired) electrons. The molecule has 0 aliphatic rings. The Labute approximate surface area is 109 Å². The van der Waals surface area contributed by atoms with Gasteiger partial charge >= 0.3 is 0 Å². The van der Waals surface area contributed by atoms with E-state index in [0.29, 0.717) is 0 Å². The number of nitrogens with zero attached hydrogens (tertiary/aromatic N) is 1. The first-order valence-corrected chi connectivity index (χ1v) is 6.46. The van der Waals surface area contributed by atoms with Crippen molar-refractivity contribution in [3.8, 4) is 0 Å². The van der Waals surface area contributed by atoms with Gasteiger partial charge in [0.15, 0.2) is 0 Å². The number of rotatable bonds is 1. The first-order valence-electron chi connectivity index (χ1n) is 5.29. The summed E-state index contributed by atoms with van der Waals surface area (Å²) in [5.41, 5.74) is 4.31.